The molecule has 1 aromatic heterocycles. The molecule has 0 bridgehead atoms. The molecule has 0 saturated carbocycles. The molecule has 2 rings (SSSR count). The van der Waals surface area contributed by atoms with Crippen LogP contribution in [0, 0.1) is 0 Å². The van der Waals surface area contributed by atoms with Crippen LogP contribution in [0.5, 0.6) is 0 Å². The van der Waals surface area contributed by atoms with E-state index in [4.69, 9.17) is 5.73 Å². The minimum absolute atomic E-state index is 0.0493. The Kier molecular flexibility index (Phi) is 3.32. The number of rotatable bonds is 2. The number of alkyl halides is 3. The summed E-state index contributed by atoms with van der Waals surface area (Å²) in [5.41, 5.74) is 4.75. The summed E-state index contributed by atoms with van der Waals surface area (Å²) in [7, 11) is 1.67. The first-order valence-corrected chi connectivity index (χ1v) is 5.65. The number of anilines is 1. The SMILES string of the molecule is CNC(C)c1nc(N)c2cccc(C(F)(F)F)c2n1. The van der Waals surface area contributed by atoms with Gasteiger partial charge in [-0.25, -0.2) is 9.97 Å². The predicted octanol–water partition coefficient (Wildman–Crippen LogP) is 2.51. The molecule has 3 N–H and O–H groups in total. The first-order valence-electron chi connectivity index (χ1n) is 5.65. The number of nitrogens with zero attached hydrogens (tertiary/aromatic N) is 2. The van der Waals surface area contributed by atoms with Gasteiger partial charge in [0.05, 0.1) is 17.1 Å². The van der Waals surface area contributed by atoms with Crippen LogP contribution >= 0.6 is 0 Å². The highest BCUT2D eigenvalue weighted by atomic mass is 19.4. The lowest BCUT2D eigenvalue weighted by molar-refractivity contribution is -0.136. The highest BCUT2D eigenvalue weighted by Crippen LogP contribution is 2.35. The fraction of sp³-hybridized carbons (Fsp3) is 0.333. The molecular formula is C12H13F3N4. The Hall–Kier alpha value is -1.89. The van der Waals surface area contributed by atoms with Gasteiger partial charge in [0.15, 0.2) is 0 Å². The largest absolute Gasteiger partial charge is 0.418 e. The first kappa shape index (κ1) is 13.5. The molecule has 102 valence electrons. The molecule has 0 radical (unpaired) electrons. The normalized spacial score (nSPS) is 13.7. The van der Waals surface area contributed by atoms with E-state index >= 15 is 0 Å². The molecular weight excluding hydrogens is 257 g/mol. The van der Waals surface area contributed by atoms with Crippen LogP contribution in [-0.2, 0) is 6.18 Å². The zero-order valence-corrected chi connectivity index (χ0v) is 10.4. The minimum Gasteiger partial charge on any atom is -0.383 e. The molecule has 1 heterocycles. The molecule has 4 nitrogen and oxygen atoms in total. The Balaban J connectivity index is 2.76. The van der Waals surface area contributed by atoms with Gasteiger partial charge in [-0.15, -0.1) is 0 Å². The van der Waals surface area contributed by atoms with Crippen LogP contribution in [0.4, 0.5) is 19.0 Å². The summed E-state index contributed by atoms with van der Waals surface area (Å²) in [5.74, 6) is 0.289. The molecule has 2 aromatic rings. The Morgan fingerprint density at radius 3 is 2.53 bits per heavy atom. The monoisotopic (exact) mass is 270 g/mol. The zero-order chi connectivity index (χ0) is 14.2. The van der Waals surface area contributed by atoms with Crippen LogP contribution in [0.1, 0.15) is 24.4 Å². The van der Waals surface area contributed by atoms with Crippen molar-refractivity contribution in [3.8, 4) is 0 Å². The van der Waals surface area contributed by atoms with E-state index in [1.165, 1.54) is 12.1 Å². The Bertz CT molecular complexity index is 610. The molecule has 1 unspecified atom stereocenters. The van der Waals surface area contributed by atoms with Crippen molar-refractivity contribution >= 4 is 16.7 Å². The summed E-state index contributed by atoms with van der Waals surface area (Å²) in [6, 6.07) is 3.48. The summed E-state index contributed by atoms with van der Waals surface area (Å²) < 4.78 is 38.8. The molecule has 0 saturated heterocycles. The number of hydrogen-bond donors (Lipinski definition) is 2. The van der Waals surface area contributed by atoms with Gasteiger partial charge in [-0.05, 0) is 26.1 Å². The van der Waals surface area contributed by atoms with E-state index in [-0.39, 0.29) is 28.6 Å². The van der Waals surface area contributed by atoms with E-state index in [1.807, 2.05) is 0 Å². The zero-order valence-electron chi connectivity index (χ0n) is 10.4. The van der Waals surface area contributed by atoms with Crippen molar-refractivity contribution in [3.05, 3.63) is 29.6 Å². The van der Waals surface area contributed by atoms with Crippen molar-refractivity contribution in [2.75, 3.05) is 12.8 Å². The lowest BCUT2D eigenvalue weighted by Crippen LogP contribution is -2.17. The lowest BCUT2D eigenvalue weighted by atomic mass is 10.1. The van der Waals surface area contributed by atoms with Gasteiger partial charge >= 0.3 is 6.18 Å². The third-order valence-corrected chi connectivity index (χ3v) is 2.90. The number of fused-ring (bicyclic) bond motifs is 1. The van der Waals surface area contributed by atoms with Crippen LogP contribution in [0.2, 0.25) is 0 Å². The number of aromatic nitrogens is 2. The summed E-state index contributed by atoms with van der Waals surface area (Å²) in [5, 5.41) is 3.08. The molecule has 7 heteroatoms. The van der Waals surface area contributed by atoms with Gasteiger partial charge in [0.2, 0.25) is 0 Å². The Labute approximate surface area is 107 Å². The van der Waals surface area contributed by atoms with Crippen molar-refractivity contribution < 1.29 is 13.2 Å². The predicted molar refractivity (Wildman–Crippen MR) is 66.4 cm³/mol. The lowest BCUT2D eigenvalue weighted by Gasteiger charge is -2.14. The van der Waals surface area contributed by atoms with E-state index in [9.17, 15) is 13.2 Å². The fourth-order valence-corrected chi connectivity index (χ4v) is 1.75. The first-order chi connectivity index (χ1) is 8.84. The van der Waals surface area contributed by atoms with Crippen molar-refractivity contribution in [1.29, 1.82) is 0 Å². The maximum Gasteiger partial charge on any atom is 0.418 e. The van der Waals surface area contributed by atoms with E-state index in [0.717, 1.165) is 6.07 Å². The van der Waals surface area contributed by atoms with Crippen LogP contribution in [0.25, 0.3) is 10.9 Å². The number of hydrogen-bond acceptors (Lipinski definition) is 4. The van der Waals surface area contributed by atoms with Crippen molar-refractivity contribution in [1.82, 2.24) is 15.3 Å². The van der Waals surface area contributed by atoms with Crippen LogP contribution < -0.4 is 11.1 Å². The number of benzene rings is 1. The molecule has 0 spiro atoms. The molecule has 0 aliphatic carbocycles. The number of para-hydroxylation sites is 1. The average Bonchev–Trinajstić information content (AvgIpc) is 2.35. The molecule has 0 amide bonds. The molecule has 19 heavy (non-hydrogen) atoms. The highest BCUT2D eigenvalue weighted by Gasteiger charge is 2.33. The van der Waals surface area contributed by atoms with Gasteiger partial charge in [-0.1, -0.05) is 6.07 Å². The molecule has 0 aliphatic rings. The smallest absolute Gasteiger partial charge is 0.383 e. The van der Waals surface area contributed by atoms with E-state index in [2.05, 4.69) is 15.3 Å². The molecule has 1 atom stereocenters. The molecule has 1 aromatic carbocycles. The van der Waals surface area contributed by atoms with Crippen molar-refractivity contribution in [2.45, 2.75) is 19.1 Å². The summed E-state index contributed by atoms with van der Waals surface area (Å²) >= 11 is 0. The van der Waals surface area contributed by atoms with Crippen molar-refractivity contribution in [3.63, 3.8) is 0 Å². The topological polar surface area (TPSA) is 63.8 Å². The minimum atomic E-state index is -4.47. The van der Waals surface area contributed by atoms with E-state index in [1.54, 1.807) is 14.0 Å². The number of nitrogens with one attached hydrogen (secondary N) is 1. The van der Waals surface area contributed by atoms with Gasteiger partial charge in [-0.2, -0.15) is 13.2 Å². The van der Waals surface area contributed by atoms with Gasteiger partial charge in [0.25, 0.3) is 0 Å². The van der Waals surface area contributed by atoms with Crippen LogP contribution in [0.15, 0.2) is 18.2 Å². The quantitative estimate of drug-likeness (QED) is 0.880. The fourth-order valence-electron chi connectivity index (χ4n) is 1.75. The third-order valence-electron chi connectivity index (χ3n) is 2.90. The number of nitrogen functional groups attached to an aromatic ring is 1. The number of nitrogens with two attached hydrogens (primary N) is 1. The summed E-state index contributed by atoms with van der Waals surface area (Å²) in [6.07, 6.45) is -4.47. The van der Waals surface area contributed by atoms with Crippen molar-refractivity contribution in [2.24, 2.45) is 0 Å². The summed E-state index contributed by atoms with van der Waals surface area (Å²) in [6.45, 7) is 1.75. The number of halogens is 3. The maximum atomic E-state index is 12.9. The highest BCUT2D eigenvalue weighted by molar-refractivity contribution is 5.90. The van der Waals surface area contributed by atoms with E-state index < -0.39 is 11.7 Å². The van der Waals surface area contributed by atoms with Gasteiger partial charge in [0.1, 0.15) is 11.6 Å². The van der Waals surface area contributed by atoms with Crippen LogP contribution in [0.3, 0.4) is 0 Å². The standard InChI is InChI=1S/C12H13F3N4/c1-6(17-2)11-18-9-7(10(16)19-11)4-3-5-8(9)12(13,14)15/h3-6,17H,1-2H3,(H2,16,18,19). The van der Waals surface area contributed by atoms with Gasteiger partial charge in [0, 0.05) is 5.39 Å². The molecule has 0 fully saturated rings. The average molecular weight is 270 g/mol. The second-order valence-electron chi connectivity index (χ2n) is 4.18. The second kappa shape index (κ2) is 4.65. The van der Waals surface area contributed by atoms with Crippen LogP contribution in [-0.4, -0.2) is 17.0 Å². The molecule has 0 aliphatic heterocycles. The Morgan fingerprint density at radius 1 is 1.26 bits per heavy atom. The van der Waals surface area contributed by atoms with Gasteiger partial charge < -0.3 is 11.1 Å². The van der Waals surface area contributed by atoms with E-state index in [0.29, 0.717) is 0 Å². The Morgan fingerprint density at radius 2 is 1.95 bits per heavy atom. The van der Waals surface area contributed by atoms with Gasteiger partial charge in [-0.3, -0.25) is 0 Å². The third kappa shape index (κ3) is 2.46. The maximum absolute atomic E-state index is 12.9. The second-order valence-corrected chi connectivity index (χ2v) is 4.18. The summed E-state index contributed by atoms with van der Waals surface area (Å²) in [4.78, 5) is 8.03.